The van der Waals surface area contributed by atoms with E-state index in [4.69, 9.17) is 0 Å². The summed E-state index contributed by atoms with van der Waals surface area (Å²) in [5, 5.41) is 0. The minimum absolute atomic E-state index is 0.261. The molecule has 2 aromatic carbocycles. The quantitative estimate of drug-likeness (QED) is 0.707. The van der Waals surface area contributed by atoms with E-state index in [1.165, 1.54) is 12.1 Å². The van der Waals surface area contributed by atoms with Crippen molar-refractivity contribution in [1.29, 1.82) is 0 Å². The number of H-pyrrole nitrogens is 1. The van der Waals surface area contributed by atoms with Crippen LogP contribution in [0.3, 0.4) is 0 Å². The van der Waals surface area contributed by atoms with Gasteiger partial charge in [-0.2, -0.15) is 0 Å². The molecule has 0 bridgehead atoms. The van der Waals surface area contributed by atoms with Gasteiger partial charge in [0.05, 0.1) is 5.52 Å². The third kappa shape index (κ3) is 1.93. The summed E-state index contributed by atoms with van der Waals surface area (Å²) in [6.07, 6.45) is 0. The summed E-state index contributed by atoms with van der Waals surface area (Å²) in [5.41, 5.74) is 3.69. The molecule has 3 rings (SSSR count). The van der Waals surface area contributed by atoms with Gasteiger partial charge in [0.1, 0.15) is 17.2 Å². The van der Waals surface area contributed by atoms with E-state index in [0.29, 0.717) is 5.82 Å². The van der Waals surface area contributed by atoms with Gasteiger partial charge in [-0.25, -0.2) is 9.37 Å². The maximum absolute atomic E-state index is 13.2. The van der Waals surface area contributed by atoms with Gasteiger partial charge in [0, 0.05) is 10.0 Å². The first-order valence-electron chi connectivity index (χ1n) is 5.55. The van der Waals surface area contributed by atoms with E-state index in [0.717, 1.165) is 26.6 Å². The van der Waals surface area contributed by atoms with Crippen LogP contribution in [0.15, 0.2) is 40.9 Å². The predicted octanol–water partition coefficient (Wildman–Crippen LogP) is 4.44. The smallest absolute Gasteiger partial charge is 0.138 e. The van der Waals surface area contributed by atoms with Gasteiger partial charge in [-0.05, 0) is 52.7 Å². The molecule has 0 fully saturated rings. The molecule has 0 spiro atoms. The van der Waals surface area contributed by atoms with Crippen molar-refractivity contribution >= 4 is 27.0 Å². The SMILES string of the molecule is Cc1cc(Br)c2nc(-c3cccc(F)c3)[nH]c2c1. The summed E-state index contributed by atoms with van der Waals surface area (Å²) < 4.78 is 14.1. The van der Waals surface area contributed by atoms with Crippen LogP contribution in [0.1, 0.15) is 5.56 Å². The number of rotatable bonds is 1. The minimum Gasteiger partial charge on any atom is -0.338 e. The highest BCUT2D eigenvalue weighted by molar-refractivity contribution is 9.10. The van der Waals surface area contributed by atoms with Crippen molar-refractivity contribution in [3.05, 3.63) is 52.3 Å². The van der Waals surface area contributed by atoms with Crippen molar-refractivity contribution in [2.45, 2.75) is 6.92 Å². The van der Waals surface area contributed by atoms with E-state index in [9.17, 15) is 4.39 Å². The van der Waals surface area contributed by atoms with Gasteiger partial charge >= 0.3 is 0 Å². The Labute approximate surface area is 112 Å². The molecule has 1 N–H and O–H groups in total. The normalized spacial score (nSPS) is 11.1. The van der Waals surface area contributed by atoms with E-state index >= 15 is 0 Å². The molecule has 0 amide bonds. The van der Waals surface area contributed by atoms with E-state index in [2.05, 4.69) is 25.9 Å². The first-order chi connectivity index (χ1) is 8.63. The van der Waals surface area contributed by atoms with Crippen LogP contribution in [0.4, 0.5) is 4.39 Å². The van der Waals surface area contributed by atoms with Crippen LogP contribution in [0.2, 0.25) is 0 Å². The number of aryl methyl sites for hydroxylation is 1. The fourth-order valence-electron chi connectivity index (χ4n) is 1.98. The van der Waals surface area contributed by atoms with Crippen LogP contribution in [0.5, 0.6) is 0 Å². The zero-order chi connectivity index (χ0) is 12.7. The second-order valence-corrected chi connectivity index (χ2v) is 5.09. The highest BCUT2D eigenvalue weighted by Crippen LogP contribution is 2.27. The van der Waals surface area contributed by atoms with Gasteiger partial charge in [0.2, 0.25) is 0 Å². The number of imidazole rings is 1. The van der Waals surface area contributed by atoms with Gasteiger partial charge in [-0.15, -0.1) is 0 Å². The lowest BCUT2D eigenvalue weighted by Crippen LogP contribution is -1.81. The van der Waals surface area contributed by atoms with Crippen molar-refractivity contribution in [3.63, 3.8) is 0 Å². The van der Waals surface area contributed by atoms with Crippen molar-refractivity contribution in [1.82, 2.24) is 9.97 Å². The molecule has 0 saturated carbocycles. The Hall–Kier alpha value is -1.68. The van der Waals surface area contributed by atoms with E-state index < -0.39 is 0 Å². The van der Waals surface area contributed by atoms with Crippen LogP contribution in [-0.4, -0.2) is 9.97 Å². The summed E-state index contributed by atoms with van der Waals surface area (Å²) >= 11 is 3.49. The Kier molecular flexibility index (Phi) is 2.67. The maximum atomic E-state index is 13.2. The molecule has 1 heterocycles. The van der Waals surface area contributed by atoms with E-state index in [1.54, 1.807) is 6.07 Å². The second-order valence-electron chi connectivity index (χ2n) is 4.24. The molecule has 0 unspecified atom stereocenters. The zero-order valence-corrected chi connectivity index (χ0v) is 11.3. The molecule has 3 aromatic rings. The third-order valence-electron chi connectivity index (χ3n) is 2.78. The molecule has 0 saturated heterocycles. The zero-order valence-electron chi connectivity index (χ0n) is 9.67. The highest BCUT2D eigenvalue weighted by atomic mass is 79.9. The molecule has 0 aliphatic heterocycles. The predicted molar refractivity (Wildman–Crippen MR) is 73.9 cm³/mol. The molecule has 90 valence electrons. The minimum atomic E-state index is -0.261. The number of nitrogens with zero attached hydrogens (tertiary/aromatic N) is 1. The van der Waals surface area contributed by atoms with Crippen LogP contribution in [0.25, 0.3) is 22.4 Å². The average molecular weight is 305 g/mol. The van der Waals surface area contributed by atoms with Gasteiger partial charge in [0.25, 0.3) is 0 Å². The number of aromatic nitrogens is 2. The van der Waals surface area contributed by atoms with Gasteiger partial charge in [-0.3, -0.25) is 0 Å². The Bertz CT molecular complexity index is 734. The number of hydrogen-bond acceptors (Lipinski definition) is 1. The summed E-state index contributed by atoms with van der Waals surface area (Å²) in [6.45, 7) is 2.02. The third-order valence-corrected chi connectivity index (χ3v) is 3.39. The first-order valence-corrected chi connectivity index (χ1v) is 6.34. The van der Waals surface area contributed by atoms with Gasteiger partial charge < -0.3 is 4.98 Å². The van der Waals surface area contributed by atoms with Crippen molar-refractivity contribution in [3.8, 4) is 11.4 Å². The second kappa shape index (κ2) is 4.21. The number of benzene rings is 2. The van der Waals surface area contributed by atoms with Gasteiger partial charge in [0.15, 0.2) is 0 Å². The van der Waals surface area contributed by atoms with Gasteiger partial charge in [-0.1, -0.05) is 12.1 Å². The first kappa shape index (κ1) is 11.4. The standard InChI is InChI=1S/C14H10BrFN2/c1-8-5-11(15)13-12(6-8)17-14(18-13)9-3-2-4-10(16)7-9/h2-7H,1H3,(H,17,18). The van der Waals surface area contributed by atoms with Crippen molar-refractivity contribution < 1.29 is 4.39 Å². The molecule has 18 heavy (non-hydrogen) atoms. The lowest BCUT2D eigenvalue weighted by molar-refractivity contribution is 0.628. The highest BCUT2D eigenvalue weighted by Gasteiger charge is 2.09. The molecule has 1 aromatic heterocycles. The lowest BCUT2D eigenvalue weighted by atomic mass is 10.2. The number of fused-ring (bicyclic) bond motifs is 1. The Morgan fingerprint density at radius 3 is 2.83 bits per heavy atom. The van der Waals surface area contributed by atoms with E-state index in [1.807, 2.05) is 25.1 Å². The van der Waals surface area contributed by atoms with Crippen LogP contribution in [-0.2, 0) is 0 Å². The molecule has 4 heteroatoms. The van der Waals surface area contributed by atoms with E-state index in [-0.39, 0.29) is 5.82 Å². The monoisotopic (exact) mass is 304 g/mol. The Morgan fingerprint density at radius 1 is 1.22 bits per heavy atom. The van der Waals surface area contributed by atoms with Crippen LogP contribution in [0, 0.1) is 12.7 Å². The Morgan fingerprint density at radius 2 is 2.06 bits per heavy atom. The lowest BCUT2D eigenvalue weighted by Gasteiger charge is -1.95. The number of nitrogens with one attached hydrogen (secondary N) is 1. The van der Waals surface area contributed by atoms with Crippen molar-refractivity contribution in [2.24, 2.45) is 0 Å². The molecule has 2 nitrogen and oxygen atoms in total. The fraction of sp³-hybridized carbons (Fsp3) is 0.0714. The molecular weight excluding hydrogens is 295 g/mol. The Balaban J connectivity index is 2.22. The van der Waals surface area contributed by atoms with Crippen LogP contribution < -0.4 is 0 Å². The largest absolute Gasteiger partial charge is 0.338 e. The number of hydrogen-bond donors (Lipinski definition) is 1. The van der Waals surface area contributed by atoms with Crippen molar-refractivity contribution in [2.75, 3.05) is 0 Å². The molecular formula is C14H10BrFN2. The summed E-state index contributed by atoms with van der Waals surface area (Å²) in [5.74, 6) is 0.416. The molecule has 0 aliphatic rings. The number of aromatic amines is 1. The van der Waals surface area contributed by atoms with Crippen LogP contribution >= 0.6 is 15.9 Å². The molecule has 0 aliphatic carbocycles. The molecule has 0 atom stereocenters. The summed E-state index contributed by atoms with van der Waals surface area (Å²) in [7, 11) is 0. The summed E-state index contributed by atoms with van der Waals surface area (Å²) in [6, 6.07) is 10.4. The number of halogens is 2. The summed E-state index contributed by atoms with van der Waals surface area (Å²) in [4.78, 5) is 7.71. The topological polar surface area (TPSA) is 28.7 Å². The molecule has 0 radical (unpaired) electrons. The maximum Gasteiger partial charge on any atom is 0.138 e. The fourth-order valence-corrected chi connectivity index (χ4v) is 2.65. The average Bonchev–Trinajstić information content (AvgIpc) is 2.73.